The molecule has 3 aromatic rings. The van der Waals surface area contributed by atoms with Crippen LogP contribution in [0.4, 0.5) is 0 Å². The molecule has 0 radical (unpaired) electrons. The van der Waals surface area contributed by atoms with Crippen LogP contribution in [0.25, 0.3) is 0 Å². The fourth-order valence-corrected chi connectivity index (χ4v) is 1.79. The number of hydrogen-bond donors (Lipinski definition) is 1. The monoisotopic (exact) mass is 297 g/mol. The molecule has 2 heterocycles. The topological polar surface area (TPSA) is 98.1 Å². The molecule has 1 N–H and O–H groups in total. The van der Waals surface area contributed by atoms with E-state index in [1.54, 1.807) is 24.3 Å². The molecule has 0 spiro atoms. The van der Waals surface area contributed by atoms with E-state index in [1.807, 2.05) is 18.2 Å². The number of Topliss-reactive ketones (excluding diaryl/α,β-unsaturated/α-hetero) is 2. The summed E-state index contributed by atoms with van der Waals surface area (Å²) < 4.78 is 10.9. The Balaban J connectivity index is 1.64. The number of aromatic nitrogens is 3. The van der Waals surface area contributed by atoms with Gasteiger partial charge in [-0.1, -0.05) is 18.2 Å². The number of ether oxygens (including phenoxy) is 1. The predicted molar refractivity (Wildman–Crippen MR) is 74.6 cm³/mol. The van der Waals surface area contributed by atoms with E-state index in [0.29, 0.717) is 11.5 Å². The highest BCUT2D eigenvalue weighted by Gasteiger charge is 2.21. The molecule has 3 rings (SSSR count). The van der Waals surface area contributed by atoms with E-state index >= 15 is 0 Å². The highest BCUT2D eigenvalue weighted by molar-refractivity contribution is 6.42. The van der Waals surface area contributed by atoms with Gasteiger partial charge < -0.3 is 9.15 Å². The van der Waals surface area contributed by atoms with E-state index in [-0.39, 0.29) is 18.2 Å². The Bertz CT molecular complexity index is 778. The third kappa shape index (κ3) is 3.09. The normalized spacial score (nSPS) is 10.4. The molecule has 7 heteroatoms. The molecule has 0 unspecified atom stereocenters. The Morgan fingerprint density at radius 3 is 2.68 bits per heavy atom. The number of furan rings is 1. The number of nitrogens with one attached hydrogen (secondary N) is 1. The SMILES string of the molecule is O=C(Cc1ccc(Oc2ccccc2)o1)C(=O)c1nc[nH]n1. The molecule has 0 aliphatic carbocycles. The molecule has 0 bridgehead atoms. The number of benzene rings is 1. The van der Waals surface area contributed by atoms with Crippen molar-refractivity contribution in [2.45, 2.75) is 6.42 Å². The summed E-state index contributed by atoms with van der Waals surface area (Å²) in [6.07, 6.45) is 1.06. The minimum atomic E-state index is -0.761. The summed E-state index contributed by atoms with van der Waals surface area (Å²) in [5, 5.41) is 5.96. The maximum absolute atomic E-state index is 11.8. The van der Waals surface area contributed by atoms with E-state index in [1.165, 1.54) is 6.33 Å². The first-order chi connectivity index (χ1) is 10.7. The Hall–Kier alpha value is -3.22. The molecule has 110 valence electrons. The number of hydrogen-bond acceptors (Lipinski definition) is 6. The largest absolute Gasteiger partial charge is 0.430 e. The summed E-state index contributed by atoms with van der Waals surface area (Å²) >= 11 is 0. The Labute approximate surface area is 124 Å². The number of rotatable bonds is 6. The van der Waals surface area contributed by atoms with E-state index in [2.05, 4.69) is 15.2 Å². The zero-order valence-corrected chi connectivity index (χ0v) is 11.4. The van der Waals surface area contributed by atoms with Crippen molar-refractivity contribution < 1.29 is 18.7 Å². The van der Waals surface area contributed by atoms with Crippen LogP contribution in [-0.4, -0.2) is 26.7 Å². The Kier molecular flexibility index (Phi) is 3.78. The van der Waals surface area contributed by atoms with E-state index < -0.39 is 11.6 Å². The molecule has 0 amide bonds. The minimum Gasteiger partial charge on any atom is -0.430 e. The lowest BCUT2D eigenvalue weighted by Gasteiger charge is -2.00. The van der Waals surface area contributed by atoms with E-state index in [4.69, 9.17) is 9.15 Å². The third-order valence-electron chi connectivity index (χ3n) is 2.80. The van der Waals surface area contributed by atoms with Crippen LogP contribution in [0.15, 0.2) is 53.2 Å². The van der Waals surface area contributed by atoms with E-state index in [0.717, 1.165) is 0 Å². The average Bonchev–Trinajstić information content (AvgIpc) is 3.19. The number of aromatic amines is 1. The Morgan fingerprint density at radius 2 is 1.95 bits per heavy atom. The van der Waals surface area contributed by atoms with Gasteiger partial charge in [0.1, 0.15) is 17.8 Å². The van der Waals surface area contributed by atoms with Gasteiger partial charge in [-0.2, -0.15) is 0 Å². The van der Waals surface area contributed by atoms with Gasteiger partial charge in [0.2, 0.25) is 11.6 Å². The lowest BCUT2D eigenvalue weighted by Crippen LogP contribution is -2.17. The lowest BCUT2D eigenvalue weighted by molar-refractivity contribution is -0.114. The first-order valence-corrected chi connectivity index (χ1v) is 6.47. The first kappa shape index (κ1) is 13.7. The van der Waals surface area contributed by atoms with Crippen LogP contribution in [-0.2, 0) is 11.2 Å². The zero-order chi connectivity index (χ0) is 15.4. The summed E-state index contributed by atoms with van der Waals surface area (Å²) in [4.78, 5) is 27.2. The average molecular weight is 297 g/mol. The standard InChI is InChI=1S/C15H11N3O4/c19-12(14(20)15-16-9-17-18-15)8-11-6-7-13(22-11)21-10-4-2-1-3-5-10/h1-7,9H,8H2,(H,16,17,18). The smallest absolute Gasteiger partial charge is 0.290 e. The molecule has 0 atom stereocenters. The molecule has 0 saturated carbocycles. The van der Waals surface area contributed by atoms with Crippen molar-refractivity contribution in [3.63, 3.8) is 0 Å². The van der Waals surface area contributed by atoms with Gasteiger partial charge in [-0.05, 0) is 18.2 Å². The maximum Gasteiger partial charge on any atom is 0.290 e. The van der Waals surface area contributed by atoms with Crippen molar-refractivity contribution >= 4 is 11.6 Å². The highest BCUT2D eigenvalue weighted by atomic mass is 16.6. The summed E-state index contributed by atoms with van der Waals surface area (Å²) in [5.74, 6) is -0.369. The summed E-state index contributed by atoms with van der Waals surface area (Å²) in [5.41, 5.74) is 0. The second-order valence-electron chi connectivity index (χ2n) is 4.39. The molecule has 7 nitrogen and oxygen atoms in total. The zero-order valence-electron chi connectivity index (χ0n) is 11.4. The van der Waals surface area contributed by atoms with Crippen LogP contribution in [0.5, 0.6) is 11.7 Å². The molecule has 0 aliphatic heterocycles. The van der Waals surface area contributed by atoms with Gasteiger partial charge >= 0.3 is 0 Å². The molecule has 0 aliphatic rings. The van der Waals surface area contributed by atoms with Gasteiger partial charge in [-0.15, -0.1) is 5.10 Å². The van der Waals surface area contributed by atoms with Gasteiger partial charge in [0.05, 0.1) is 6.42 Å². The van der Waals surface area contributed by atoms with Crippen molar-refractivity contribution in [3.05, 3.63) is 60.4 Å². The maximum atomic E-state index is 11.8. The second kappa shape index (κ2) is 6.04. The summed E-state index contributed by atoms with van der Waals surface area (Å²) in [6, 6.07) is 12.3. The highest BCUT2D eigenvalue weighted by Crippen LogP contribution is 2.23. The predicted octanol–water partition coefficient (Wildman–Crippen LogP) is 2.18. The quantitative estimate of drug-likeness (QED) is 0.553. The fourth-order valence-electron chi connectivity index (χ4n) is 1.79. The minimum absolute atomic E-state index is 0.155. The third-order valence-corrected chi connectivity index (χ3v) is 2.80. The second-order valence-corrected chi connectivity index (χ2v) is 4.39. The number of H-pyrrole nitrogens is 1. The van der Waals surface area contributed by atoms with Crippen LogP contribution in [0.1, 0.15) is 16.4 Å². The number of para-hydroxylation sites is 1. The molecule has 1 aromatic carbocycles. The molecular weight excluding hydrogens is 286 g/mol. The van der Waals surface area contributed by atoms with Crippen molar-refractivity contribution in [1.82, 2.24) is 15.2 Å². The number of nitrogens with zero attached hydrogens (tertiary/aromatic N) is 2. The van der Waals surface area contributed by atoms with Crippen LogP contribution < -0.4 is 4.74 Å². The Morgan fingerprint density at radius 1 is 1.14 bits per heavy atom. The van der Waals surface area contributed by atoms with Crippen molar-refractivity contribution in [1.29, 1.82) is 0 Å². The molecule has 0 fully saturated rings. The van der Waals surface area contributed by atoms with Gasteiger partial charge in [-0.3, -0.25) is 14.7 Å². The number of ketones is 2. The van der Waals surface area contributed by atoms with Gasteiger partial charge in [0.25, 0.3) is 11.7 Å². The van der Waals surface area contributed by atoms with Crippen molar-refractivity contribution in [2.24, 2.45) is 0 Å². The van der Waals surface area contributed by atoms with Gasteiger partial charge in [0.15, 0.2) is 0 Å². The van der Waals surface area contributed by atoms with Gasteiger partial charge in [-0.25, -0.2) is 4.98 Å². The molecule has 2 aromatic heterocycles. The summed E-state index contributed by atoms with van der Waals surface area (Å²) in [7, 11) is 0. The van der Waals surface area contributed by atoms with Crippen LogP contribution in [0.2, 0.25) is 0 Å². The first-order valence-electron chi connectivity index (χ1n) is 6.47. The lowest BCUT2D eigenvalue weighted by atomic mass is 10.1. The summed E-state index contributed by atoms with van der Waals surface area (Å²) in [6.45, 7) is 0. The van der Waals surface area contributed by atoms with Crippen molar-refractivity contribution in [3.8, 4) is 11.7 Å². The molecule has 22 heavy (non-hydrogen) atoms. The van der Waals surface area contributed by atoms with Crippen LogP contribution >= 0.6 is 0 Å². The van der Waals surface area contributed by atoms with Crippen molar-refractivity contribution in [2.75, 3.05) is 0 Å². The number of carbonyl (C=O) groups excluding carboxylic acids is 2. The molecular formula is C15H11N3O4. The van der Waals surface area contributed by atoms with Crippen LogP contribution in [0.3, 0.4) is 0 Å². The van der Waals surface area contributed by atoms with E-state index in [9.17, 15) is 9.59 Å². The molecule has 0 saturated heterocycles. The van der Waals surface area contributed by atoms with Gasteiger partial charge in [0, 0.05) is 6.07 Å². The fraction of sp³-hybridized carbons (Fsp3) is 0.0667. The number of carbonyl (C=O) groups is 2. The van der Waals surface area contributed by atoms with Crippen LogP contribution in [0, 0.1) is 0 Å².